The normalized spacial score (nSPS) is 11.4. The van der Waals surface area contributed by atoms with Crippen molar-refractivity contribution in [3.8, 4) is 0 Å². The van der Waals surface area contributed by atoms with E-state index in [9.17, 15) is 0 Å². The molecule has 0 saturated heterocycles. The number of hydrogen-bond acceptors (Lipinski definition) is 6. The average molecular weight is 277 g/mol. The van der Waals surface area contributed by atoms with Crippen LogP contribution in [0.5, 0.6) is 0 Å². The Kier molecular flexibility index (Phi) is 3.99. The first-order valence-corrected chi connectivity index (χ1v) is 7.16. The first-order chi connectivity index (χ1) is 9.08. The van der Waals surface area contributed by atoms with Crippen LogP contribution in [0.1, 0.15) is 31.3 Å². The summed E-state index contributed by atoms with van der Waals surface area (Å²) in [6, 6.07) is 0. The summed E-state index contributed by atoms with van der Waals surface area (Å²) in [4.78, 5) is 13.0. The highest BCUT2D eigenvalue weighted by molar-refractivity contribution is 7.09. The molecule has 2 N–H and O–H groups in total. The topological polar surface area (TPSA) is 62.7 Å². The first kappa shape index (κ1) is 13.7. The van der Waals surface area contributed by atoms with Crippen molar-refractivity contribution in [1.29, 1.82) is 0 Å². The minimum Gasteiger partial charge on any atom is -0.373 e. The monoisotopic (exact) mass is 277 g/mol. The summed E-state index contributed by atoms with van der Waals surface area (Å²) in [5.74, 6) is 1.73. The van der Waals surface area contributed by atoms with Gasteiger partial charge in [0.05, 0.1) is 5.54 Å². The van der Waals surface area contributed by atoms with Crippen molar-refractivity contribution >= 4 is 23.0 Å². The third kappa shape index (κ3) is 2.84. The maximum Gasteiger partial charge on any atom is 0.135 e. The Labute approximate surface area is 117 Å². The number of thiazole rings is 1. The van der Waals surface area contributed by atoms with Crippen molar-refractivity contribution in [2.24, 2.45) is 0 Å². The maximum atomic E-state index is 4.38. The SMILES string of the molecule is CCc1c(NC)ncnc1NC(C)(C)c1nccs1. The van der Waals surface area contributed by atoms with Crippen molar-refractivity contribution < 1.29 is 0 Å². The van der Waals surface area contributed by atoms with Gasteiger partial charge >= 0.3 is 0 Å². The molecule has 0 atom stereocenters. The highest BCUT2D eigenvalue weighted by atomic mass is 32.1. The minimum absolute atomic E-state index is 0.253. The molecule has 19 heavy (non-hydrogen) atoms. The zero-order valence-electron chi connectivity index (χ0n) is 11.7. The number of aromatic nitrogens is 3. The predicted molar refractivity (Wildman–Crippen MR) is 79.7 cm³/mol. The molecule has 6 heteroatoms. The van der Waals surface area contributed by atoms with Gasteiger partial charge in [-0.1, -0.05) is 6.92 Å². The van der Waals surface area contributed by atoms with E-state index in [1.165, 1.54) is 0 Å². The first-order valence-electron chi connectivity index (χ1n) is 6.28. The highest BCUT2D eigenvalue weighted by Crippen LogP contribution is 2.29. The molecule has 0 saturated carbocycles. The van der Waals surface area contributed by atoms with Crippen molar-refractivity contribution in [2.75, 3.05) is 17.7 Å². The van der Waals surface area contributed by atoms with Gasteiger partial charge in [0.1, 0.15) is 23.0 Å². The van der Waals surface area contributed by atoms with E-state index in [0.717, 1.165) is 28.6 Å². The molecule has 0 unspecified atom stereocenters. The van der Waals surface area contributed by atoms with E-state index < -0.39 is 0 Å². The van der Waals surface area contributed by atoms with Gasteiger partial charge in [-0.25, -0.2) is 15.0 Å². The summed E-state index contributed by atoms with van der Waals surface area (Å²) in [5, 5.41) is 9.60. The van der Waals surface area contributed by atoms with Crippen molar-refractivity contribution in [3.05, 3.63) is 28.5 Å². The van der Waals surface area contributed by atoms with Crippen molar-refractivity contribution in [2.45, 2.75) is 32.7 Å². The smallest absolute Gasteiger partial charge is 0.135 e. The van der Waals surface area contributed by atoms with Crippen molar-refractivity contribution in [3.63, 3.8) is 0 Å². The zero-order valence-corrected chi connectivity index (χ0v) is 12.5. The molecular formula is C13H19N5S. The molecule has 2 rings (SSSR count). The van der Waals surface area contributed by atoms with Gasteiger partial charge in [0, 0.05) is 24.2 Å². The number of nitrogens with one attached hydrogen (secondary N) is 2. The molecular weight excluding hydrogens is 258 g/mol. The quantitative estimate of drug-likeness (QED) is 0.880. The second-order valence-corrected chi connectivity index (χ2v) is 5.63. The lowest BCUT2D eigenvalue weighted by Crippen LogP contribution is -2.29. The maximum absolute atomic E-state index is 4.38. The van der Waals surface area contributed by atoms with Crippen LogP contribution in [0.4, 0.5) is 11.6 Å². The summed E-state index contributed by atoms with van der Waals surface area (Å²) < 4.78 is 0. The minimum atomic E-state index is -0.253. The molecule has 0 fully saturated rings. The summed E-state index contributed by atoms with van der Waals surface area (Å²) in [6.07, 6.45) is 4.27. The number of anilines is 2. The Balaban J connectivity index is 2.33. The van der Waals surface area contributed by atoms with Gasteiger partial charge in [0.2, 0.25) is 0 Å². The van der Waals surface area contributed by atoms with Crippen LogP contribution in [0.2, 0.25) is 0 Å². The van der Waals surface area contributed by atoms with Crippen LogP contribution in [0.25, 0.3) is 0 Å². The molecule has 102 valence electrons. The Hall–Kier alpha value is -1.69. The Morgan fingerprint density at radius 2 is 1.95 bits per heavy atom. The fraction of sp³-hybridized carbons (Fsp3) is 0.462. The van der Waals surface area contributed by atoms with E-state index in [1.807, 2.05) is 18.6 Å². The molecule has 5 nitrogen and oxygen atoms in total. The van der Waals surface area contributed by atoms with Crippen LogP contribution in [-0.2, 0) is 12.0 Å². The second-order valence-electron chi connectivity index (χ2n) is 4.74. The van der Waals surface area contributed by atoms with Gasteiger partial charge in [0.15, 0.2) is 0 Å². The zero-order chi connectivity index (χ0) is 13.9. The largest absolute Gasteiger partial charge is 0.373 e. The molecule has 0 bridgehead atoms. The second kappa shape index (κ2) is 5.52. The van der Waals surface area contributed by atoms with Gasteiger partial charge < -0.3 is 10.6 Å². The molecule has 0 amide bonds. The van der Waals surface area contributed by atoms with Gasteiger partial charge in [-0.05, 0) is 20.3 Å². The summed E-state index contributed by atoms with van der Waals surface area (Å²) >= 11 is 1.64. The molecule has 0 aliphatic heterocycles. The van der Waals surface area contributed by atoms with E-state index in [-0.39, 0.29) is 5.54 Å². The van der Waals surface area contributed by atoms with Crippen molar-refractivity contribution in [1.82, 2.24) is 15.0 Å². The average Bonchev–Trinajstić information content (AvgIpc) is 2.92. The lowest BCUT2D eigenvalue weighted by Gasteiger charge is -2.26. The van der Waals surface area contributed by atoms with Crippen LogP contribution in [-0.4, -0.2) is 22.0 Å². The number of rotatable bonds is 5. The molecule has 0 radical (unpaired) electrons. The van der Waals surface area contributed by atoms with Crippen LogP contribution >= 0.6 is 11.3 Å². The van der Waals surface area contributed by atoms with Gasteiger partial charge in [0.25, 0.3) is 0 Å². The number of nitrogens with zero attached hydrogens (tertiary/aromatic N) is 3. The van der Waals surface area contributed by atoms with Crippen LogP contribution in [0.3, 0.4) is 0 Å². The van der Waals surface area contributed by atoms with Gasteiger partial charge in [-0.2, -0.15) is 0 Å². The van der Waals surface area contributed by atoms with E-state index in [2.05, 4.69) is 46.4 Å². The van der Waals surface area contributed by atoms with E-state index in [1.54, 1.807) is 17.7 Å². The third-order valence-electron chi connectivity index (χ3n) is 2.93. The molecule has 2 heterocycles. The van der Waals surface area contributed by atoms with Crippen LogP contribution < -0.4 is 10.6 Å². The molecule has 2 aromatic rings. The molecule has 2 aromatic heterocycles. The van der Waals surface area contributed by atoms with E-state index >= 15 is 0 Å². The van der Waals surface area contributed by atoms with Crippen LogP contribution in [0, 0.1) is 0 Å². The lowest BCUT2D eigenvalue weighted by molar-refractivity contribution is 0.599. The molecule has 0 aliphatic rings. The summed E-state index contributed by atoms with van der Waals surface area (Å²) in [6.45, 7) is 6.31. The lowest BCUT2D eigenvalue weighted by atomic mass is 10.1. The fourth-order valence-corrected chi connectivity index (χ4v) is 2.67. The summed E-state index contributed by atoms with van der Waals surface area (Å²) in [5.41, 5.74) is 0.840. The highest BCUT2D eigenvalue weighted by Gasteiger charge is 2.25. The van der Waals surface area contributed by atoms with Gasteiger partial charge in [-0.3, -0.25) is 0 Å². The summed E-state index contributed by atoms with van der Waals surface area (Å²) in [7, 11) is 1.87. The molecule has 0 aromatic carbocycles. The predicted octanol–water partition coefficient (Wildman–Crippen LogP) is 2.88. The standard InChI is InChI=1S/C13H19N5S/c1-5-9-10(14-4)16-8-17-11(9)18-13(2,3)12-15-6-7-19-12/h6-8H,5H2,1-4H3,(H2,14,16,17,18). The fourth-order valence-electron chi connectivity index (χ4n) is 1.95. The van der Waals surface area contributed by atoms with E-state index in [4.69, 9.17) is 0 Å². The Bertz CT molecular complexity index is 536. The number of hydrogen-bond donors (Lipinski definition) is 2. The van der Waals surface area contributed by atoms with Gasteiger partial charge in [-0.15, -0.1) is 11.3 Å². The van der Waals surface area contributed by atoms with E-state index in [0.29, 0.717) is 0 Å². The third-order valence-corrected chi connectivity index (χ3v) is 4.03. The molecule has 0 spiro atoms. The van der Waals surface area contributed by atoms with Crippen LogP contribution in [0.15, 0.2) is 17.9 Å². The molecule has 0 aliphatic carbocycles. The Morgan fingerprint density at radius 1 is 1.21 bits per heavy atom. The Morgan fingerprint density at radius 3 is 2.53 bits per heavy atom.